The molecule has 188 valence electrons. The van der Waals surface area contributed by atoms with Crippen LogP contribution >= 0.6 is 0 Å². The summed E-state index contributed by atoms with van der Waals surface area (Å²) in [5, 5.41) is 14.1. The predicted octanol–water partition coefficient (Wildman–Crippen LogP) is 4.70. The van der Waals surface area contributed by atoms with Crippen LogP contribution in [0.3, 0.4) is 0 Å². The fraction of sp³-hybridized carbons (Fsp3) is 0.400. The SMILES string of the molecule is COCCc1ccc(OCC(O)CNC(C)(C)CN(C)C(c2ccccc2)c2ccccc2)cc1. The third-order valence-corrected chi connectivity index (χ3v) is 6.09. The van der Waals surface area contributed by atoms with E-state index in [4.69, 9.17) is 9.47 Å². The largest absolute Gasteiger partial charge is 0.491 e. The topological polar surface area (TPSA) is 54.0 Å². The quantitative estimate of drug-likeness (QED) is 0.353. The van der Waals surface area contributed by atoms with Crippen molar-refractivity contribution in [2.45, 2.75) is 38.0 Å². The Kier molecular flexibility index (Phi) is 10.3. The molecule has 0 aromatic heterocycles. The zero-order valence-corrected chi connectivity index (χ0v) is 21.5. The highest BCUT2D eigenvalue weighted by Gasteiger charge is 2.26. The fourth-order valence-corrected chi connectivity index (χ4v) is 4.36. The third-order valence-electron chi connectivity index (χ3n) is 6.09. The van der Waals surface area contributed by atoms with Gasteiger partial charge in [0, 0.05) is 25.7 Å². The van der Waals surface area contributed by atoms with Gasteiger partial charge >= 0.3 is 0 Å². The van der Waals surface area contributed by atoms with Gasteiger partial charge in [0.25, 0.3) is 0 Å². The van der Waals surface area contributed by atoms with Gasteiger partial charge < -0.3 is 19.9 Å². The molecule has 2 N–H and O–H groups in total. The smallest absolute Gasteiger partial charge is 0.119 e. The molecule has 0 aliphatic carbocycles. The van der Waals surface area contributed by atoms with E-state index in [-0.39, 0.29) is 18.2 Å². The van der Waals surface area contributed by atoms with Gasteiger partial charge in [-0.25, -0.2) is 0 Å². The van der Waals surface area contributed by atoms with Crippen LogP contribution < -0.4 is 10.1 Å². The zero-order valence-electron chi connectivity index (χ0n) is 21.5. The Morgan fingerprint density at radius 3 is 2.00 bits per heavy atom. The van der Waals surface area contributed by atoms with Crippen molar-refractivity contribution in [3.63, 3.8) is 0 Å². The Labute approximate surface area is 210 Å². The van der Waals surface area contributed by atoms with Gasteiger partial charge in [-0.05, 0) is 56.1 Å². The van der Waals surface area contributed by atoms with E-state index < -0.39 is 6.10 Å². The highest BCUT2D eigenvalue weighted by Crippen LogP contribution is 2.28. The Morgan fingerprint density at radius 2 is 1.46 bits per heavy atom. The van der Waals surface area contributed by atoms with E-state index in [9.17, 15) is 5.11 Å². The molecule has 0 fully saturated rings. The highest BCUT2D eigenvalue weighted by molar-refractivity contribution is 5.32. The number of ether oxygens (including phenoxy) is 2. The van der Waals surface area contributed by atoms with Gasteiger partial charge in [-0.2, -0.15) is 0 Å². The molecule has 0 amide bonds. The molecule has 3 aromatic carbocycles. The number of nitrogens with zero attached hydrogens (tertiary/aromatic N) is 1. The van der Waals surface area contributed by atoms with E-state index in [0.29, 0.717) is 13.2 Å². The van der Waals surface area contributed by atoms with Gasteiger partial charge in [-0.1, -0.05) is 72.8 Å². The molecule has 0 saturated carbocycles. The molecule has 0 spiro atoms. The first-order valence-electron chi connectivity index (χ1n) is 12.3. The summed E-state index contributed by atoms with van der Waals surface area (Å²) >= 11 is 0. The average molecular weight is 477 g/mol. The number of hydrogen-bond donors (Lipinski definition) is 2. The monoisotopic (exact) mass is 476 g/mol. The van der Waals surface area contributed by atoms with Gasteiger partial charge in [-0.15, -0.1) is 0 Å². The Morgan fingerprint density at radius 1 is 0.886 bits per heavy atom. The van der Waals surface area contributed by atoms with E-state index in [0.717, 1.165) is 18.7 Å². The second-order valence-corrected chi connectivity index (χ2v) is 9.76. The molecule has 0 radical (unpaired) electrons. The summed E-state index contributed by atoms with van der Waals surface area (Å²) < 4.78 is 10.9. The molecule has 35 heavy (non-hydrogen) atoms. The number of aliphatic hydroxyl groups is 1. The second kappa shape index (κ2) is 13.4. The maximum Gasteiger partial charge on any atom is 0.119 e. The first-order chi connectivity index (χ1) is 16.9. The van der Waals surface area contributed by atoms with Gasteiger partial charge in [0.15, 0.2) is 0 Å². The van der Waals surface area contributed by atoms with Crippen molar-refractivity contribution in [2.24, 2.45) is 0 Å². The first-order valence-corrected chi connectivity index (χ1v) is 12.3. The lowest BCUT2D eigenvalue weighted by Gasteiger charge is -2.37. The summed E-state index contributed by atoms with van der Waals surface area (Å²) in [6.45, 7) is 6.54. The van der Waals surface area contributed by atoms with Crippen molar-refractivity contribution in [3.05, 3.63) is 102 Å². The van der Waals surface area contributed by atoms with E-state index >= 15 is 0 Å². The van der Waals surface area contributed by atoms with Crippen LogP contribution in [0.25, 0.3) is 0 Å². The molecule has 0 heterocycles. The summed E-state index contributed by atoms with van der Waals surface area (Å²) in [5.41, 5.74) is 3.52. The summed E-state index contributed by atoms with van der Waals surface area (Å²) in [7, 11) is 3.86. The molecule has 5 heteroatoms. The lowest BCUT2D eigenvalue weighted by molar-refractivity contribution is 0.0936. The minimum Gasteiger partial charge on any atom is -0.491 e. The summed E-state index contributed by atoms with van der Waals surface area (Å²) in [4.78, 5) is 2.37. The number of likely N-dealkylation sites (N-methyl/N-ethyl adjacent to an activating group) is 1. The fourth-order valence-electron chi connectivity index (χ4n) is 4.36. The van der Waals surface area contributed by atoms with Crippen molar-refractivity contribution in [1.29, 1.82) is 0 Å². The lowest BCUT2D eigenvalue weighted by atomic mass is 9.95. The highest BCUT2D eigenvalue weighted by atomic mass is 16.5. The number of nitrogens with one attached hydrogen (secondary N) is 1. The minimum absolute atomic E-state index is 0.151. The van der Waals surface area contributed by atoms with Crippen LogP contribution in [0, 0.1) is 0 Å². The normalized spacial score (nSPS) is 12.8. The van der Waals surface area contributed by atoms with Gasteiger partial charge in [0.1, 0.15) is 18.5 Å². The molecule has 1 atom stereocenters. The molecule has 1 unspecified atom stereocenters. The third kappa shape index (κ3) is 8.79. The van der Waals surface area contributed by atoms with Crippen molar-refractivity contribution >= 4 is 0 Å². The van der Waals surface area contributed by atoms with Crippen LogP contribution in [0.1, 0.15) is 36.6 Å². The molecular weight excluding hydrogens is 436 g/mol. The Bertz CT molecular complexity index is 938. The van der Waals surface area contributed by atoms with Gasteiger partial charge in [0.2, 0.25) is 0 Å². The first kappa shape index (κ1) is 26.9. The lowest BCUT2D eigenvalue weighted by Crippen LogP contribution is -2.51. The molecule has 0 bridgehead atoms. The van der Waals surface area contributed by atoms with Crippen LogP contribution in [-0.4, -0.2) is 62.1 Å². The van der Waals surface area contributed by atoms with E-state index in [2.05, 4.69) is 91.8 Å². The van der Waals surface area contributed by atoms with Crippen molar-refractivity contribution in [2.75, 3.05) is 40.5 Å². The van der Waals surface area contributed by atoms with E-state index in [1.165, 1.54) is 16.7 Å². The van der Waals surface area contributed by atoms with Crippen LogP contribution in [0.5, 0.6) is 5.75 Å². The van der Waals surface area contributed by atoms with Crippen molar-refractivity contribution < 1.29 is 14.6 Å². The minimum atomic E-state index is -0.605. The number of β-amino-alcohol motifs (C(OH)–C–C–N with tert-alkyl or cyclic N) is 1. The van der Waals surface area contributed by atoms with E-state index in [1.54, 1.807) is 7.11 Å². The average Bonchev–Trinajstić information content (AvgIpc) is 2.87. The molecule has 0 saturated heterocycles. The molecule has 0 aliphatic heterocycles. The standard InChI is InChI=1S/C30H40N2O3/c1-30(2,31-21-27(33)22-35-28-17-15-24(16-18-28)19-20-34-4)23-32(3)29(25-11-7-5-8-12-25)26-13-9-6-10-14-26/h5-18,27,29,31,33H,19-23H2,1-4H3. The maximum absolute atomic E-state index is 10.5. The van der Waals surface area contributed by atoms with Crippen LogP contribution in [0.15, 0.2) is 84.9 Å². The van der Waals surface area contributed by atoms with Crippen LogP contribution in [-0.2, 0) is 11.2 Å². The van der Waals surface area contributed by atoms with Gasteiger partial charge in [0.05, 0.1) is 12.6 Å². The van der Waals surface area contributed by atoms with Crippen LogP contribution in [0.4, 0.5) is 0 Å². The summed E-state index contributed by atoms with van der Waals surface area (Å²) in [6, 6.07) is 29.3. The molecule has 3 aromatic rings. The molecule has 3 rings (SSSR count). The molecular formula is C30H40N2O3. The van der Waals surface area contributed by atoms with Crippen LogP contribution in [0.2, 0.25) is 0 Å². The molecule has 5 nitrogen and oxygen atoms in total. The van der Waals surface area contributed by atoms with E-state index in [1.807, 2.05) is 24.3 Å². The number of benzene rings is 3. The Balaban J connectivity index is 1.52. The Hall–Kier alpha value is -2.70. The number of methoxy groups -OCH3 is 1. The number of hydrogen-bond acceptors (Lipinski definition) is 5. The summed E-state index contributed by atoms with van der Waals surface area (Å²) in [5.74, 6) is 0.762. The van der Waals surface area contributed by atoms with Crippen molar-refractivity contribution in [1.82, 2.24) is 10.2 Å². The summed E-state index contributed by atoms with van der Waals surface area (Å²) in [6.07, 6.45) is 0.272. The molecule has 0 aliphatic rings. The second-order valence-electron chi connectivity index (χ2n) is 9.76. The van der Waals surface area contributed by atoms with Crippen molar-refractivity contribution in [3.8, 4) is 5.75 Å². The number of aliphatic hydroxyl groups excluding tert-OH is 1. The maximum atomic E-state index is 10.5. The predicted molar refractivity (Wildman–Crippen MR) is 143 cm³/mol. The van der Waals surface area contributed by atoms with Gasteiger partial charge in [-0.3, -0.25) is 4.90 Å². The number of rotatable bonds is 14. The zero-order chi connectivity index (χ0) is 25.1.